The molecule has 1 aromatic carbocycles. The molecule has 0 atom stereocenters. The molecule has 0 bridgehead atoms. The van der Waals surface area contributed by atoms with Crippen molar-refractivity contribution in [2.45, 2.75) is 13.5 Å². The summed E-state index contributed by atoms with van der Waals surface area (Å²) in [5.74, 6) is 0. The minimum atomic E-state index is 0.434. The van der Waals surface area contributed by atoms with Gasteiger partial charge in [0.25, 0.3) is 0 Å². The number of hydrogen-bond donors (Lipinski definition) is 1. The minimum absolute atomic E-state index is 0.434. The van der Waals surface area contributed by atoms with Crippen LogP contribution in [0.1, 0.15) is 11.4 Å². The molecule has 0 fully saturated rings. The second-order valence-electron chi connectivity index (χ2n) is 3.83. The van der Waals surface area contributed by atoms with Gasteiger partial charge in [-0.1, -0.05) is 33.5 Å². The fourth-order valence-electron chi connectivity index (χ4n) is 1.62. The lowest BCUT2D eigenvalue weighted by atomic mass is 10.2. The molecule has 0 aliphatic heterocycles. The van der Waals surface area contributed by atoms with Gasteiger partial charge in [0.05, 0.1) is 34.0 Å². The molecule has 6 nitrogen and oxygen atoms in total. The van der Waals surface area contributed by atoms with E-state index in [2.05, 4.69) is 29.0 Å². The van der Waals surface area contributed by atoms with E-state index in [1.54, 1.807) is 6.07 Å². The van der Waals surface area contributed by atoms with Crippen LogP contribution in [-0.2, 0) is 6.54 Å². The summed E-state index contributed by atoms with van der Waals surface area (Å²) in [5.41, 5.74) is 3.40. The number of rotatable bonds is 3. The third-order valence-electron chi connectivity index (χ3n) is 2.62. The van der Waals surface area contributed by atoms with E-state index >= 15 is 0 Å². The highest BCUT2D eigenvalue weighted by Gasteiger charge is 2.14. The normalized spacial score (nSPS) is 11.1. The van der Waals surface area contributed by atoms with Crippen LogP contribution < -0.4 is 5.32 Å². The van der Waals surface area contributed by atoms with Crippen LogP contribution >= 0.6 is 34.9 Å². The van der Waals surface area contributed by atoms with E-state index in [-0.39, 0.29) is 0 Å². The average Bonchev–Trinajstić information content (AvgIpc) is 2.98. The molecule has 0 amide bonds. The van der Waals surface area contributed by atoms with Crippen molar-refractivity contribution >= 4 is 51.7 Å². The topological polar surface area (TPSA) is 76.7 Å². The van der Waals surface area contributed by atoms with Crippen molar-refractivity contribution in [3.8, 4) is 0 Å². The molecule has 0 aliphatic rings. The van der Waals surface area contributed by atoms with Gasteiger partial charge in [-0.15, -0.1) is 0 Å². The number of halogens is 2. The van der Waals surface area contributed by atoms with Crippen molar-refractivity contribution in [3.63, 3.8) is 0 Å². The van der Waals surface area contributed by atoms with Gasteiger partial charge in [-0.05, 0) is 13.0 Å². The third kappa shape index (κ3) is 2.24. The predicted octanol–water partition coefficient (Wildman–Crippen LogP) is 3.30. The smallest absolute Gasteiger partial charge is 0.130 e. The summed E-state index contributed by atoms with van der Waals surface area (Å²) in [6.45, 7) is 2.25. The van der Waals surface area contributed by atoms with Crippen LogP contribution in [0.5, 0.6) is 0 Å². The Morgan fingerprint density at radius 3 is 2.74 bits per heavy atom. The molecule has 3 rings (SSSR count). The van der Waals surface area contributed by atoms with E-state index in [9.17, 15) is 0 Å². The van der Waals surface area contributed by atoms with Crippen LogP contribution in [0.15, 0.2) is 10.7 Å². The summed E-state index contributed by atoms with van der Waals surface area (Å²) in [4.78, 5) is 0. The molecule has 9 heteroatoms. The maximum atomic E-state index is 6.18. The molecular weight excluding hydrogens is 309 g/mol. The monoisotopic (exact) mass is 315 g/mol. The van der Waals surface area contributed by atoms with Crippen molar-refractivity contribution in [2.24, 2.45) is 0 Å². The maximum Gasteiger partial charge on any atom is 0.130 e. The first kappa shape index (κ1) is 12.6. The molecule has 0 aliphatic carbocycles. The molecule has 19 heavy (non-hydrogen) atoms. The van der Waals surface area contributed by atoms with Crippen LogP contribution in [0, 0.1) is 6.92 Å². The predicted molar refractivity (Wildman–Crippen MR) is 73.8 cm³/mol. The van der Waals surface area contributed by atoms with Crippen LogP contribution in [-0.4, -0.2) is 19.1 Å². The first-order valence-electron chi connectivity index (χ1n) is 5.29. The van der Waals surface area contributed by atoms with Gasteiger partial charge in [0, 0.05) is 0 Å². The number of fused-ring (bicyclic) bond motifs is 1. The SMILES string of the molecule is Cc1nonc1CNc1c(Cl)cc(Cl)c2nsnc12. The molecule has 0 saturated heterocycles. The van der Waals surface area contributed by atoms with Gasteiger partial charge in [0.2, 0.25) is 0 Å². The first-order chi connectivity index (χ1) is 9.16. The molecule has 98 valence electrons. The lowest BCUT2D eigenvalue weighted by Crippen LogP contribution is -2.02. The summed E-state index contributed by atoms with van der Waals surface area (Å²) < 4.78 is 13.0. The van der Waals surface area contributed by atoms with E-state index in [4.69, 9.17) is 23.2 Å². The Morgan fingerprint density at radius 1 is 1.21 bits per heavy atom. The summed E-state index contributed by atoms with van der Waals surface area (Å²) in [6.07, 6.45) is 0. The summed E-state index contributed by atoms with van der Waals surface area (Å²) in [5, 5.41) is 11.6. The van der Waals surface area contributed by atoms with Gasteiger partial charge in [-0.25, -0.2) is 4.63 Å². The van der Waals surface area contributed by atoms with E-state index in [0.29, 0.717) is 39.0 Å². The highest BCUT2D eigenvalue weighted by molar-refractivity contribution is 7.00. The zero-order valence-electron chi connectivity index (χ0n) is 9.65. The molecule has 3 aromatic rings. The second kappa shape index (κ2) is 4.92. The van der Waals surface area contributed by atoms with E-state index in [1.165, 1.54) is 0 Å². The summed E-state index contributed by atoms with van der Waals surface area (Å²) in [7, 11) is 0. The number of benzene rings is 1. The number of nitrogens with zero attached hydrogens (tertiary/aromatic N) is 4. The van der Waals surface area contributed by atoms with E-state index in [0.717, 1.165) is 17.4 Å². The van der Waals surface area contributed by atoms with Crippen LogP contribution in [0.3, 0.4) is 0 Å². The fourth-order valence-corrected chi connectivity index (χ4v) is 2.80. The zero-order valence-corrected chi connectivity index (χ0v) is 12.0. The van der Waals surface area contributed by atoms with Gasteiger partial charge >= 0.3 is 0 Å². The molecule has 2 aromatic heterocycles. The zero-order chi connectivity index (χ0) is 13.4. The van der Waals surface area contributed by atoms with Crippen molar-refractivity contribution in [1.29, 1.82) is 0 Å². The Labute approximate surface area is 122 Å². The van der Waals surface area contributed by atoms with E-state index < -0.39 is 0 Å². The number of hydrogen-bond acceptors (Lipinski definition) is 7. The Balaban J connectivity index is 1.97. The maximum absolute atomic E-state index is 6.18. The standard InChI is InChI=1S/C10H7Cl2N5OS/c1-4-7(15-18-14-4)3-13-8-5(11)2-6(12)9-10(8)17-19-16-9/h2,13H,3H2,1H3. The Bertz CT molecular complexity index is 741. The molecule has 0 saturated carbocycles. The highest BCUT2D eigenvalue weighted by atomic mass is 35.5. The lowest BCUT2D eigenvalue weighted by molar-refractivity contribution is 0.301. The van der Waals surface area contributed by atoms with Gasteiger partial charge in [-0.3, -0.25) is 0 Å². The van der Waals surface area contributed by atoms with Crippen molar-refractivity contribution in [1.82, 2.24) is 19.1 Å². The largest absolute Gasteiger partial charge is 0.376 e. The number of aromatic nitrogens is 4. The minimum Gasteiger partial charge on any atom is -0.376 e. The van der Waals surface area contributed by atoms with E-state index in [1.807, 2.05) is 6.92 Å². The van der Waals surface area contributed by atoms with Gasteiger partial charge in [0.15, 0.2) is 0 Å². The summed E-state index contributed by atoms with van der Waals surface area (Å²) >= 11 is 13.3. The Hall–Kier alpha value is -1.44. The molecule has 0 unspecified atom stereocenters. The third-order valence-corrected chi connectivity index (χ3v) is 3.74. The van der Waals surface area contributed by atoms with Gasteiger partial charge in [-0.2, -0.15) is 8.75 Å². The highest BCUT2D eigenvalue weighted by Crippen LogP contribution is 2.35. The summed E-state index contributed by atoms with van der Waals surface area (Å²) in [6, 6.07) is 1.64. The molecule has 0 radical (unpaired) electrons. The van der Waals surface area contributed by atoms with Crippen LogP contribution in [0.2, 0.25) is 10.0 Å². The fraction of sp³-hybridized carbons (Fsp3) is 0.200. The molecule has 0 spiro atoms. The van der Waals surface area contributed by atoms with Crippen LogP contribution in [0.4, 0.5) is 5.69 Å². The Kier molecular flexibility index (Phi) is 3.26. The Morgan fingerprint density at radius 2 is 2.00 bits per heavy atom. The lowest BCUT2D eigenvalue weighted by Gasteiger charge is -2.08. The van der Waals surface area contributed by atoms with Crippen molar-refractivity contribution < 1.29 is 4.63 Å². The average molecular weight is 316 g/mol. The van der Waals surface area contributed by atoms with Crippen molar-refractivity contribution in [3.05, 3.63) is 27.5 Å². The number of aryl methyl sites for hydroxylation is 1. The van der Waals surface area contributed by atoms with Crippen LogP contribution in [0.25, 0.3) is 11.0 Å². The van der Waals surface area contributed by atoms with Gasteiger partial charge < -0.3 is 5.32 Å². The first-order valence-corrected chi connectivity index (χ1v) is 6.77. The molecule has 1 N–H and O–H groups in total. The van der Waals surface area contributed by atoms with Gasteiger partial charge in [0.1, 0.15) is 22.4 Å². The number of nitrogens with one attached hydrogen (secondary N) is 1. The molecular formula is C10H7Cl2N5OS. The quantitative estimate of drug-likeness (QED) is 0.799. The molecule has 2 heterocycles. The number of anilines is 1. The second-order valence-corrected chi connectivity index (χ2v) is 5.17. The van der Waals surface area contributed by atoms with Crippen molar-refractivity contribution in [2.75, 3.05) is 5.32 Å².